The number of ether oxygens (including phenoxy) is 1. The third-order valence-corrected chi connectivity index (χ3v) is 1.77. The van der Waals surface area contributed by atoms with Crippen LogP contribution in [0.15, 0.2) is 0 Å². The fraction of sp³-hybridized carbons (Fsp3) is 0.800. The zero-order valence-electron chi connectivity index (χ0n) is 9.31. The minimum atomic E-state index is -2.49. The van der Waals surface area contributed by atoms with Crippen molar-refractivity contribution in [2.45, 2.75) is 52.3 Å². The summed E-state index contributed by atoms with van der Waals surface area (Å²) >= 11 is 0. The van der Waals surface area contributed by atoms with Gasteiger partial charge in [0.15, 0.2) is 5.78 Å². The minimum Gasteiger partial charge on any atom is -0.457 e. The number of alkyl halides is 1. The molecular weight excluding hydrogens is 187 g/mol. The van der Waals surface area contributed by atoms with Crippen molar-refractivity contribution >= 4 is 11.8 Å². The van der Waals surface area contributed by atoms with Gasteiger partial charge >= 0.3 is 5.97 Å². The summed E-state index contributed by atoms with van der Waals surface area (Å²) in [6.07, 6.45) is -0.197. The lowest BCUT2D eigenvalue weighted by Gasteiger charge is -2.25. The highest BCUT2D eigenvalue weighted by Crippen LogP contribution is 2.22. The van der Waals surface area contributed by atoms with Gasteiger partial charge in [-0.05, 0) is 34.1 Å². The summed E-state index contributed by atoms with van der Waals surface area (Å²) in [6.45, 7) is 7.36. The molecule has 0 N–H and O–H groups in total. The van der Waals surface area contributed by atoms with Crippen molar-refractivity contribution in [3.05, 3.63) is 0 Å². The van der Waals surface area contributed by atoms with E-state index in [9.17, 15) is 14.0 Å². The number of hydrogen-bond acceptors (Lipinski definition) is 3. The van der Waals surface area contributed by atoms with Crippen LogP contribution in [0.25, 0.3) is 0 Å². The first-order chi connectivity index (χ1) is 6.13. The number of rotatable bonds is 3. The molecule has 0 aromatic carbocycles. The van der Waals surface area contributed by atoms with E-state index in [2.05, 4.69) is 0 Å². The lowest BCUT2D eigenvalue weighted by molar-refractivity contribution is -0.172. The zero-order chi connectivity index (χ0) is 11.6. The van der Waals surface area contributed by atoms with Gasteiger partial charge in [0.2, 0.25) is 0 Å². The van der Waals surface area contributed by atoms with Crippen LogP contribution in [0.5, 0.6) is 0 Å². The Bertz CT molecular complexity index is 242. The summed E-state index contributed by atoms with van der Waals surface area (Å²) in [5.41, 5.74) is -3.27. The van der Waals surface area contributed by atoms with E-state index in [1.54, 1.807) is 20.8 Å². The summed E-state index contributed by atoms with van der Waals surface area (Å²) in [6, 6.07) is 0. The number of hydrogen-bond donors (Lipinski definition) is 0. The number of halogens is 1. The number of carbonyl (C=O) groups is 2. The third kappa shape index (κ3) is 3.09. The van der Waals surface area contributed by atoms with Gasteiger partial charge in [0.1, 0.15) is 5.60 Å². The Morgan fingerprint density at radius 3 is 1.93 bits per heavy atom. The van der Waals surface area contributed by atoms with E-state index in [1.165, 1.54) is 6.92 Å². The van der Waals surface area contributed by atoms with Gasteiger partial charge in [-0.3, -0.25) is 4.79 Å². The van der Waals surface area contributed by atoms with Gasteiger partial charge in [-0.2, -0.15) is 0 Å². The highest BCUT2D eigenvalue weighted by molar-refractivity contribution is 6.06. The van der Waals surface area contributed by atoms with Gasteiger partial charge in [0.05, 0.1) is 0 Å². The first-order valence-corrected chi connectivity index (χ1v) is 4.57. The van der Waals surface area contributed by atoms with E-state index < -0.39 is 23.0 Å². The van der Waals surface area contributed by atoms with E-state index in [0.29, 0.717) is 0 Å². The second kappa shape index (κ2) is 4.07. The van der Waals surface area contributed by atoms with Gasteiger partial charge in [-0.15, -0.1) is 0 Å². The molecule has 14 heavy (non-hydrogen) atoms. The Labute approximate surface area is 83.6 Å². The van der Waals surface area contributed by atoms with E-state index >= 15 is 0 Å². The van der Waals surface area contributed by atoms with Gasteiger partial charge < -0.3 is 4.74 Å². The lowest BCUT2D eigenvalue weighted by atomic mass is 9.98. The van der Waals surface area contributed by atoms with Crippen molar-refractivity contribution in [3.8, 4) is 0 Å². The van der Waals surface area contributed by atoms with Crippen LogP contribution in [0.2, 0.25) is 0 Å². The third-order valence-electron chi connectivity index (χ3n) is 1.77. The van der Waals surface area contributed by atoms with E-state index in [0.717, 1.165) is 6.92 Å². The molecule has 0 saturated heterocycles. The number of esters is 1. The van der Waals surface area contributed by atoms with Crippen LogP contribution in [0.3, 0.4) is 0 Å². The molecule has 0 bridgehead atoms. The van der Waals surface area contributed by atoms with Gasteiger partial charge in [0, 0.05) is 0 Å². The van der Waals surface area contributed by atoms with Crippen LogP contribution in [0.4, 0.5) is 4.39 Å². The molecule has 4 heteroatoms. The van der Waals surface area contributed by atoms with Gasteiger partial charge in [0.25, 0.3) is 5.67 Å². The highest BCUT2D eigenvalue weighted by Gasteiger charge is 2.45. The van der Waals surface area contributed by atoms with Gasteiger partial charge in [-0.25, -0.2) is 9.18 Å². The molecule has 0 aromatic heterocycles. The molecule has 0 aliphatic heterocycles. The normalized spacial score (nSPS) is 15.9. The lowest BCUT2D eigenvalue weighted by Crippen LogP contribution is -2.44. The van der Waals surface area contributed by atoms with E-state index in [4.69, 9.17) is 4.74 Å². The molecule has 0 amide bonds. The van der Waals surface area contributed by atoms with Crippen LogP contribution in [-0.4, -0.2) is 23.0 Å². The quantitative estimate of drug-likeness (QED) is 0.522. The molecule has 0 aliphatic carbocycles. The van der Waals surface area contributed by atoms with Crippen molar-refractivity contribution in [1.29, 1.82) is 0 Å². The SMILES string of the molecule is CC[C@@](F)(C(C)=O)C(=O)OC(C)(C)C. The van der Waals surface area contributed by atoms with Crippen LogP contribution in [0, 0.1) is 0 Å². The second-order valence-electron chi connectivity index (χ2n) is 4.21. The Morgan fingerprint density at radius 2 is 1.71 bits per heavy atom. The summed E-state index contributed by atoms with van der Waals surface area (Å²) in [4.78, 5) is 22.3. The smallest absolute Gasteiger partial charge is 0.352 e. The van der Waals surface area contributed by atoms with Crippen LogP contribution in [0.1, 0.15) is 41.0 Å². The van der Waals surface area contributed by atoms with E-state index in [1.807, 2.05) is 0 Å². The molecular formula is C10H17FO3. The number of carbonyl (C=O) groups excluding carboxylic acids is 2. The maximum absolute atomic E-state index is 13.7. The Balaban J connectivity index is 4.73. The molecule has 3 nitrogen and oxygen atoms in total. The Hall–Kier alpha value is -0.930. The zero-order valence-corrected chi connectivity index (χ0v) is 9.31. The minimum absolute atomic E-state index is 0.197. The maximum atomic E-state index is 13.7. The molecule has 0 radical (unpaired) electrons. The molecule has 0 unspecified atom stereocenters. The van der Waals surface area contributed by atoms with Crippen molar-refractivity contribution in [2.75, 3.05) is 0 Å². The van der Waals surface area contributed by atoms with E-state index in [-0.39, 0.29) is 6.42 Å². The van der Waals surface area contributed by atoms with Crippen molar-refractivity contribution in [3.63, 3.8) is 0 Å². The first kappa shape index (κ1) is 13.1. The second-order valence-corrected chi connectivity index (χ2v) is 4.21. The van der Waals surface area contributed by atoms with Gasteiger partial charge in [-0.1, -0.05) is 6.92 Å². The predicted octanol–water partition coefficient (Wildman–Crippen LogP) is 2.04. The highest BCUT2D eigenvalue weighted by atomic mass is 19.1. The molecule has 1 atom stereocenters. The molecule has 0 heterocycles. The molecule has 0 aliphatic rings. The topological polar surface area (TPSA) is 43.4 Å². The summed E-state index contributed by atoms with van der Waals surface area (Å²) in [5.74, 6) is -1.91. The number of Topliss-reactive ketones (excluding diaryl/α,β-unsaturated/α-hetero) is 1. The monoisotopic (exact) mass is 204 g/mol. The standard InChI is InChI=1S/C10H17FO3/c1-6-10(11,7(2)12)8(13)14-9(3,4)5/h6H2,1-5H3/t10-/m1/s1. The summed E-state index contributed by atoms with van der Waals surface area (Å²) in [7, 11) is 0. The van der Waals surface area contributed by atoms with Crippen molar-refractivity contribution in [1.82, 2.24) is 0 Å². The Kier molecular flexibility index (Phi) is 3.80. The van der Waals surface area contributed by atoms with Crippen molar-refractivity contribution < 1.29 is 18.7 Å². The molecule has 82 valence electrons. The maximum Gasteiger partial charge on any atom is 0.352 e. The van der Waals surface area contributed by atoms with Crippen LogP contribution >= 0.6 is 0 Å². The molecule has 0 spiro atoms. The average Bonchev–Trinajstić information content (AvgIpc) is 1.99. The predicted molar refractivity (Wildman–Crippen MR) is 50.7 cm³/mol. The molecule has 0 fully saturated rings. The number of ketones is 1. The fourth-order valence-corrected chi connectivity index (χ4v) is 0.896. The van der Waals surface area contributed by atoms with Crippen LogP contribution in [-0.2, 0) is 14.3 Å². The van der Waals surface area contributed by atoms with Crippen LogP contribution < -0.4 is 0 Å². The largest absolute Gasteiger partial charge is 0.457 e. The average molecular weight is 204 g/mol. The molecule has 0 rings (SSSR count). The summed E-state index contributed by atoms with van der Waals surface area (Å²) in [5, 5.41) is 0. The first-order valence-electron chi connectivity index (χ1n) is 4.57. The fourth-order valence-electron chi connectivity index (χ4n) is 0.896. The molecule has 0 aromatic rings. The Morgan fingerprint density at radius 1 is 1.29 bits per heavy atom. The summed E-state index contributed by atoms with van der Waals surface area (Å²) < 4.78 is 18.6. The molecule has 0 saturated carbocycles. The van der Waals surface area contributed by atoms with Crippen molar-refractivity contribution in [2.24, 2.45) is 0 Å².